The molecule has 0 saturated carbocycles. The molecule has 0 saturated heterocycles. The maximum absolute atomic E-state index is 12.6. The lowest BCUT2D eigenvalue weighted by atomic mass is 10.2. The summed E-state index contributed by atoms with van der Waals surface area (Å²) in [4.78, 5) is 49.2. The predicted octanol–water partition coefficient (Wildman–Crippen LogP) is 1.54. The average molecular weight is 364 g/mol. The van der Waals surface area contributed by atoms with Gasteiger partial charge in [0, 0.05) is 6.54 Å². The van der Waals surface area contributed by atoms with E-state index in [0.717, 1.165) is 15.4 Å². The van der Waals surface area contributed by atoms with E-state index in [2.05, 4.69) is 0 Å². The van der Waals surface area contributed by atoms with Gasteiger partial charge < -0.3 is 14.7 Å². The first-order valence-corrected chi connectivity index (χ1v) is 8.17. The number of hydrogen-bond donors (Lipinski definition) is 1. The average Bonchev–Trinajstić information content (AvgIpc) is 2.53. The number of aliphatic carboxylic acids is 1. The van der Waals surface area contributed by atoms with E-state index in [9.17, 15) is 19.2 Å². The molecule has 8 nitrogen and oxygen atoms in total. The first-order valence-electron chi connectivity index (χ1n) is 8.17. The van der Waals surface area contributed by atoms with Crippen LogP contribution in [-0.2, 0) is 25.7 Å². The highest BCUT2D eigenvalue weighted by Gasteiger charge is 2.25. The Bertz CT molecular complexity index is 644. The number of ketones is 1. The Morgan fingerprint density at radius 3 is 2.12 bits per heavy atom. The summed E-state index contributed by atoms with van der Waals surface area (Å²) in [5.41, 5.74) is 0.755. The Balaban J connectivity index is 2.90. The molecule has 0 aliphatic heterocycles. The van der Waals surface area contributed by atoms with E-state index < -0.39 is 37.2 Å². The summed E-state index contributed by atoms with van der Waals surface area (Å²) in [7, 11) is 0. The molecule has 0 aliphatic carbocycles. The number of nitrogens with zero attached hydrogens (tertiary/aromatic N) is 2. The number of ether oxygens (including phenoxy) is 1. The molecule has 0 atom stereocenters. The maximum atomic E-state index is 12.6. The molecule has 1 aromatic carbocycles. The van der Waals surface area contributed by atoms with Crippen LogP contribution < -0.4 is 0 Å². The summed E-state index contributed by atoms with van der Waals surface area (Å²) in [5, 5.41) is 9.07. The number of hydrogen-bond acceptors (Lipinski definition) is 5. The minimum absolute atomic E-state index is 0.0825. The Morgan fingerprint density at radius 2 is 1.62 bits per heavy atom. The van der Waals surface area contributed by atoms with Crippen molar-refractivity contribution in [1.29, 1.82) is 0 Å². The molecule has 142 valence electrons. The number of carbonyl (C=O) groups is 4. The van der Waals surface area contributed by atoms with Crippen LogP contribution in [0.5, 0.6) is 0 Å². The van der Waals surface area contributed by atoms with Gasteiger partial charge in [0.2, 0.25) is 5.91 Å². The number of carboxylic acids is 1. The Kier molecular flexibility index (Phi) is 8.27. The zero-order valence-corrected chi connectivity index (χ0v) is 15.2. The third kappa shape index (κ3) is 7.78. The van der Waals surface area contributed by atoms with E-state index in [1.165, 1.54) is 6.92 Å². The number of carbonyl (C=O) groups excluding carboxylic acids is 3. The largest absolute Gasteiger partial charge is 0.480 e. The SMILES string of the molecule is CC(=O)CN(CC(=O)N(CC(=O)O)Cc1ccccc1)C(=O)OC(C)C. The van der Waals surface area contributed by atoms with Gasteiger partial charge in [-0.3, -0.25) is 19.3 Å². The smallest absolute Gasteiger partial charge is 0.410 e. The lowest BCUT2D eigenvalue weighted by Gasteiger charge is -2.26. The predicted molar refractivity (Wildman–Crippen MR) is 93.4 cm³/mol. The molecular formula is C18H24N2O6. The van der Waals surface area contributed by atoms with Crippen molar-refractivity contribution in [1.82, 2.24) is 9.80 Å². The van der Waals surface area contributed by atoms with Gasteiger partial charge in [0.1, 0.15) is 18.9 Å². The molecule has 0 spiro atoms. The van der Waals surface area contributed by atoms with Crippen LogP contribution in [-0.4, -0.2) is 64.4 Å². The second kappa shape index (κ2) is 10.2. The Labute approximate surface area is 152 Å². The summed E-state index contributed by atoms with van der Waals surface area (Å²) < 4.78 is 5.04. The maximum Gasteiger partial charge on any atom is 0.410 e. The first kappa shape index (κ1) is 21.1. The molecule has 0 unspecified atom stereocenters. The van der Waals surface area contributed by atoms with E-state index in [4.69, 9.17) is 9.84 Å². The van der Waals surface area contributed by atoms with Crippen molar-refractivity contribution < 1.29 is 29.0 Å². The van der Waals surface area contributed by atoms with Gasteiger partial charge in [0.15, 0.2) is 0 Å². The first-order chi connectivity index (χ1) is 12.2. The van der Waals surface area contributed by atoms with Crippen LogP contribution >= 0.6 is 0 Å². The quantitative estimate of drug-likeness (QED) is 0.713. The molecule has 0 aromatic heterocycles. The van der Waals surface area contributed by atoms with Crippen LogP contribution in [0.1, 0.15) is 26.3 Å². The van der Waals surface area contributed by atoms with Gasteiger partial charge in [-0.05, 0) is 26.3 Å². The van der Waals surface area contributed by atoms with E-state index in [0.29, 0.717) is 0 Å². The molecule has 8 heteroatoms. The zero-order chi connectivity index (χ0) is 19.7. The third-order valence-corrected chi connectivity index (χ3v) is 3.23. The molecule has 0 aliphatic rings. The number of rotatable bonds is 9. The van der Waals surface area contributed by atoms with E-state index in [-0.39, 0.29) is 18.9 Å². The third-order valence-electron chi connectivity index (χ3n) is 3.23. The second-order valence-electron chi connectivity index (χ2n) is 6.12. The summed E-state index contributed by atoms with van der Waals surface area (Å²) in [6.45, 7) is 3.43. The molecule has 0 bridgehead atoms. The highest BCUT2D eigenvalue weighted by atomic mass is 16.6. The Hall–Kier alpha value is -2.90. The summed E-state index contributed by atoms with van der Waals surface area (Å²) in [6, 6.07) is 8.90. The van der Waals surface area contributed by atoms with Crippen molar-refractivity contribution >= 4 is 23.8 Å². The van der Waals surface area contributed by atoms with Crippen LogP contribution in [0.4, 0.5) is 4.79 Å². The van der Waals surface area contributed by atoms with Gasteiger partial charge in [-0.2, -0.15) is 0 Å². The summed E-state index contributed by atoms with van der Waals surface area (Å²) in [5.74, 6) is -2.07. The van der Waals surface area contributed by atoms with E-state index >= 15 is 0 Å². The van der Waals surface area contributed by atoms with Crippen molar-refractivity contribution in [2.75, 3.05) is 19.6 Å². The molecule has 0 heterocycles. The minimum Gasteiger partial charge on any atom is -0.480 e. The number of amides is 2. The highest BCUT2D eigenvalue weighted by molar-refractivity contribution is 5.88. The van der Waals surface area contributed by atoms with Crippen LogP contribution in [0, 0.1) is 0 Å². The van der Waals surface area contributed by atoms with Gasteiger partial charge in [-0.25, -0.2) is 4.79 Å². The number of carboxylic acid groups (broad SMARTS) is 1. The normalized spacial score (nSPS) is 10.3. The van der Waals surface area contributed by atoms with Crippen LogP contribution in [0.2, 0.25) is 0 Å². The van der Waals surface area contributed by atoms with Crippen molar-refractivity contribution in [3.63, 3.8) is 0 Å². The fourth-order valence-corrected chi connectivity index (χ4v) is 2.19. The Morgan fingerprint density at radius 1 is 1.00 bits per heavy atom. The molecule has 1 N–H and O–H groups in total. The standard InChI is InChI=1S/C18H24N2O6/c1-13(2)26-18(25)20(9-14(3)21)11-16(22)19(12-17(23)24)10-15-7-5-4-6-8-15/h4-8,13H,9-12H2,1-3H3,(H,23,24). The van der Waals surface area contributed by atoms with Gasteiger partial charge in [-0.15, -0.1) is 0 Å². The molecule has 26 heavy (non-hydrogen) atoms. The zero-order valence-electron chi connectivity index (χ0n) is 15.2. The molecule has 2 amide bonds. The van der Waals surface area contributed by atoms with Crippen molar-refractivity contribution in [3.8, 4) is 0 Å². The van der Waals surface area contributed by atoms with Crippen LogP contribution in [0.25, 0.3) is 0 Å². The topological polar surface area (TPSA) is 104 Å². The van der Waals surface area contributed by atoms with Crippen LogP contribution in [0.15, 0.2) is 30.3 Å². The van der Waals surface area contributed by atoms with Gasteiger partial charge >= 0.3 is 12.1 Å². The molecular weight excluding hydrogens is 340 g/mol. The number of benzene rings is 1. The monoisotopic (exact) mass is 364 g/mol. The minimum atomic E-state index is -1.17. The lowest BCUT2D eigenvalue weighted by molar-refractivity contribution is -0.145. The molecule has 0 radical (unpaired) electrons. The van der Waals surface area contributed by atoms with Gasteiger partial charge in [0.25, 0.3) is 0 Å². The van der Waals surface area contributed by atoms with Crippen LogP contribution in [0.3, 0.4) is 0 Å². The summed E-state index contributed by atoms with van der Waals surface area (Å²) >= 11 is 0. The van der Waals surface area contributed by atoms with Crippen molar-refractivity contribution in [2.45, 2.75) is 33.4 Å². The van der Waals surface area contributed by atoms with Gasteiger partial charge in [-0.1, -0.05) is 30.3 Å². The fraction of sp³-hybridized carbons (Fsp3) is 0.444. The lowest BCUT2D eigenvalue weighted by Crippen LogP contribution is -2.46. The van der Waals surface area contributed by atoms with Crippen molar-refractivity contribution in [2.24, 2.45) is 0 Å². The fourth-order valence-electron chi connectivity index (χ4n) is 2.19. The summed E-state index contributed by atoms with van der Waals surface area (Å²) in [6.07, 6.45) is -1.20. The van der Waals surface area contributed by atoms with Crippen molar-refractivity contribution in [3.05, 3.63) is 35.9 Å². The number of Topliss-reactive ketones (excluding diaryl/α,β-unsaturated/α-hetero) is 1. The second-order valence-corrected chi connectivity index (χ2v) is 6.12. The molecule has 1 rings (SSSR count). The highest BCUT2D eigenvalue weighted by Crippen LogP contribution is 2.07. The van der Waals surface area contributed by atoms with Gasteiger partial charge in [0.05, 0.1) is 12.6 Å². The molecule has 1 aromatic rings. The van der Waals surface area contributed by atoms with E-state index in [1.807, 2.05) is 6.07 Å². The molecule has 0 fully saturated rings. The van der Waals surface area contributed by atoms with E-state index in [1.54, 1.807) is 38.1 Å².